The minimum atomic E-state index is -0.542. The molecule has 2 aromatic carbocycles. The standard InChI is InChI=1S/C24H31N3O4/c1-17-6-5-7-19(14-17)25-23(29)26-24(11-13-30-3)10-12-27(16-24)22(28)21-9-8-20(31-4)15-18(21)2/h5-9,14-15H,10-13,16H2,1-4H3,(H2,25,26,29). The van der Waals surface area contributed by atoms with Gasteiger partial charge in [0.05, 0.1) is 12.6 Å². The number of aryl methyl sites for hydroxylation is 2. The van der Waals surface area contributed by atoms with Gasteiger partial charge in [-0.3, -0.25) is 4.79 Å². The van der Waals surface area contributed by atoms with Crippen LogP contribution in [-0.2, 0) is 4.74 Å². The number of carbonyl (C=O) groups is 2. The lowest BCUT2D eigenvalue weighted by Crippen LogP contribution is -2.53. The third-order valence-corrected chi connectivity index (χ3v) is 5.74. The van der Waals surface area contributed by atoms with Crippen molar-refractivity contribution in [1.82, 2.24) is 10.2 Å². The van der Waals surface area contributed by atoms with Crippen LogP contribution in [0.15, 0.2) is 42.5 Å². The van der Waals surface area contributed by atoms with Gasteiger partial charge in [-0.05, 0) is 68.1 Å². The van der Waals surface area contributed by atoms with Crippen LogP contribution in [0.25, 0.3) is 0 Å². The number of carbonyl (C=O) groups excluding carboxylic acids is 2. The van der Waals surface area contributed by atoms with Crippen molar-refractivity contribution in [3.8, 4) is 5.75 Å². The Hall–Kier alpha value is -3.06. The number of methoxy groups -OCH3 is 2. The van der Waals surface area contributed by atoms with E-state index in [9.17, 15) is 9.59 Å². The molecule has 31 heavy (non-hydrogen) atoms. The molecule has 7 heteroatoms. The minimum absolute atomic E-state index is 0.0414. The molecule has 0 bridgehead atoms. The predicted molar refractivity (Wildman–Crippen MR) is 121 cm³/mol. The van der Waals surface area contributed by atoms with E-state index in [0.29, 0.717) is 38.1 Å². The number of hydrogen-bond acceptors (Lipinski definition) is 4. The fourth-order valence-corrected chi connectivity index (χ4v) is 4.01. The summed E-state index contributed by atoms with van der Waals surface area (Å²) in [7, 11) is 3.24. The third-order valence-electron chi connectivity index (χ3n) is 5.74. The molecule has 1 atom stereocenters. The third kappa shape index (κ3) is 5.55. The van der Waals surface area contributed by atoms with Gasteiger partial charge in [-0.1, -0.05) is 12.1 Å². The highest BCUT2D eigenvalue weighted by molar-refractivity contribution is 5.96. The predicted octanol–water partition coefficient (Wildman–Crippen LogP) is 3.75. The quantitative estimate of drug-likeness (QED) is 0.708. The number of amides is 3. The molecule has 166 valence electrons. The number of ether oxygens (including phenoxy) is 2. The Bertz CT molecular complexity index is 946. The second kappa shape index (κ2) is 9.83. The number of likely N-dealkylation sites (tertiary alicyclic amines) is 1. The van der Waals surface area contributed by atoms with Crippen LogP contribution >= 0.6 is 0 Å². The molecule has 7 nitrogen and oxygen atoms in total. The monoisotopic (exact) mass is 425 g/mol. The van der Waals surface area contributed by atoms with Crippen molar-refractivity contribution in [1.29, 1.82) is 0 Å². The molecule has 1 unspecified atom stereocenters. The van der Waals surface area contributed by atoms with Gasteiger partial charge in [0.25, 0.3) is 5.91 Å². The largest absolute Gasteiger partial charge is 0.497 e. The maximum absolute atomic E-state index is 13.2. The van der Waals surface area contributed by atoms with E-state index in [1.165, 1.54) is 0 Å². The van der Waals surface area contributed by atoms with E-state index in [1.54, 1.807) is 31.3 Å². The highest BCUT2D eigenvalue weighted by atomic mass is 16.5. The molecule has 1 aliphatic rings. The Morgan fingerprint density at radius 2 is 1.94 bits per heavy atom. The lowest BCUT2D eigenvalue weighted by molar-refractivity contribution is 0.0772. The minimum Gasteiger partial charge on any atom is -0.497 e. The van der Waals surface area contributed by atoms with Crippen LogP contribution in [0.3, 0.4) is 0 Å². The van der Waals surface area contributed by atoms with E-state index in [4.69, 9.17) is 9.47 Å². The summed E-state index contributed by atoms with van der Waals surface area (Å²) < 4.78 is 10.5. The summed E-state index contributed by atoms with van der Waals surface area (Å²) in [5.74, 6) is 0.680. The van der Waals surface area contributed by atoms with Crippen LogP contribution in [0.4, 0.5) is 10.5 Å². The zero-order valence-electron chi connectivity index (χ0n) is 18.7. The molecule has 1 heterocycles. The van der Waals surface area contributed by atoms with Crippen LogP contribution in [0.2, 0.25) is 0 Å². The Labute approximate surface area is 183 Å². The summed E-state index contributed by atoms with van der Waals surface area (Å²) in [4.78, 5) is 27.7. The zero-order chi connectivity index (χ0) is 22.4. The molecule has 2 aromatic rings. The first-order valence-electron chi connectivity index (χ1n) is 10.4. The number of nitrogens with zero attached hydrogens (tertiary/aromatic N) is 1. The Morgan fingerprint density at radius 3 is 2.61 bits per heavy atom. The van der Waals surface area contributed by atoms with E-state index in [-0.39, 0.29) is 11.9 Å². The Morgan fingerprint density at radius 1 is 1.13 bits per heavy atom. The number of nitrogens with one attached hydrogen (secondary N) is 2. The molecule has 3 amide bonds. The summed E-state index contributed by atoms with van der Waals surface area (Å²) in [5, 5.41) is 6.02. The molecule has 3 rings (SSSR count). The van der Waals surface area contributed by atoms with Crippen molar-refractivity contribution in [3.63, 3.8) is 0 Å². The maximum Gasteiger partial charge on any atom is 0.319 e. The fourth-order valence-electron chi connectivity index (χ4n) is 4.01. The fraction of sp³-hybridized carbons (Fsp3) is 0.417. The SMILES string of the molecule is COCCC1(NC(=O)Nc2cccc(C)c2)CCN(C(=O)c2ccc(OC)cc2C)C1. The average Bonchev–Trinajstić information content (AvgIpc) is 3.15. The molecule has 0 aliphatic carbocycles. The van der Waals surface area contributed by atoms with E-state index in [1.807, 2.05) is 44.2 Å². The number of anilines is 1. The molecular formula is C24H31N3O4. The first-order chi connectivity index (χ1) is 14.9. The summed E-state index contributed by atoms with van der Waals surface area (Å²) in [6, 6.07) is 12.8. The molecular weight excluding hydrogens is 394 g/mol. The van der Waals surface area contributed by atoms with Gasteiger partial charge in [0.15, 0.2) is 0 Å². The van der Waals surface area contributed by atoms with Crippen molar-refractivity contribution >= 4 is 17.6 Å². The van der Waals surface area contributed by atoms with Crippen LogP contribution < -0.4 is 15.4 Å². The molecule has 1 aliphatic heterocycles. The summed E-state index contributed by atoms with van der Waals surface area (Å²) in [6.45, 7) is 5.37. The molecule has 2 N–H and O–H groups in total. The average molecular weight is 426 g/mol. The lowest BCUT2D eigenvalue weighted by atomic mass is 9.94. The van der Waals surface area contributed by atoms with Gasteiger partial charge in [-0.15, -0.1) is 0 Å². The first kappa shape index (κ1) is 22.6. The second-order valence-electron chi connectivity index (χ2n) is 8.13. The van der Waals surface area contributed by atoms with Crippen molar-refractivity contribution in [2.45, 2.75) is 32.2 Å². The van der Waals surface area contributed by atoms with Gasteiger partial charge < -0.3 is 25.0 Å². The van der Waals surface area contributed by atoms with Gasteiger partial charge in [-0.25, -0.2) is 4.79 Å². The van der Waals surface area contributed by atoms with E-state index >= 15 is 0 Å². The van der Waals surface area contributed by atoms with Gasteiger partial charge in [0.2, 0.25) is 0 Å². The molecule has 0 radical (unpaired) electrons. The van der Waals surface area contributed by atoms with E-state index in [2.05, 4.69) is 10.6 Å². The highest BCUT2D eigenvalue weighted by Crippen LogP contribution is 2.28. The van der Waals surface area contributed by atoms with Crippen molar-refractivity contribution in [2.24, 2.45) is 0 Å². The van der Waals surface area contributed by atoms with Crippen LogP contribution in [-0.4, -0.2) is 56.3 Å². The van der Waals surface area contributed by atoms with Crippen LogP contribution in [0, 0.1) is 13.8 Å². The smallest absolute Gasteiger partial charge is 0.319 e. The lowest BCUT2D eigenvalue weighted by Gasteiger charge is -2.30. The molecule has 0 saturated carbocycles. The molecule has 1 fully saturated rings. The topological polar surface area (TPSA) is 79.9 Å². The Kier molecular flexibility index (Phi) is 7.17. The number of benzene rings is 2. The molecule has 0 spiro atoms. The van der Waals surface area contributed by atoms with Crippen molar-refractivity contribution in [3.05, 3.63) is 59.2 Å². The highest BCUT2D eigenvalue weighted by Gasteiger charge is 2.41. The summed E-state index contributed by atoms with van der Waals surface area (Å²) >= 11 is 0. The zero-order valence-corrected chi connectivity index (χ0v) is 18.7. The number of rotatable bonds is 7. The van der Waals surface area contributed by atoms with E-state index < -0.39 is 5.54 Å². The van der Waals surface area contributed by atoms with Crippen LogP contribution in [0.1, 0.15) is 34.3 Å². The number of hydrogen-bond donors (Lipinski definition) is 2. The van der Waals surface area contributed by atoms with Crippen molar-refractivity contribution in [2.75, 3.05) is 39.2 Å². The second-order valence-corrected chi connectivity index (χ2v) is 8.13. The summed E-state index contributed by atoms with van der Waals surface area (Å²) in [5.41, 5.74) is 2.77. The van der Waals surface area contributed by atoms with Gasteiger partial charge in [0.1, 0.15) is 5.75 Å². The molecule has 0 aromatic heterocycles. The van der Waals surface area contributed by atoms with Gasteiger partial charge in [0, 0.05) is 38.1 Å². The van der Waals surface area contributed by atoms with Crippen molar-refractivity contribution < 1.29 is 19.1 Å². The Balaban J connectivity index is 1.72. The van der Waals surface area contributed by atoms with Gasteiger partial charge >= 0.3 is 6.03 Å². The summed E-state index contributed by atoms with van der Waals surface area (Å²) in [6.07, 6.45) is 1.29. The van der Waals surface area contributed by atoms with E-state index in [0.717, 1.165) is 22.6 Å². The maximum atomic E-state index is 13.2. The number of urea groups is 1. The van der Waals surface area contributed by atoms with Gasteiger partial charge in [-0.2, -0.15) is 0 Å². The first-order valence-corrected chi connectivity index (χ1v) is 10.4. The molecule has 1 saturated heterocycles. The van der Waals surface area contributed by atoms with Crippen LogP contribution in [0.5, 0.6) is 5.75 Å². The normalized spacial score (nSPS) is 18.0.